The molecule has 0 aliphatic carbocycles. The van der Waals surface area contributed by atoms with Gasteiger partial charge in [-0.3, -0.25) is 0 Å². The van der Waals surface area contributed by atoms with Crippen molar-refractivity contribution < 1.29 is 5.11 Å². The van der Waals surface area contributed by atoms with E-state index < -0.39 is 6.10 Å². The molecule has 0 radical (unpaired) electrons. The predicted octanol–water partition coefficient (Wildman–Crippen LogP) is 3.93. The van der Waals surface area contributed by atoms with Gasteiger partial charge in [0.1, 0.15) is 0 Å². The Bertz CT molecular complexity index is 326. The summed E-state index contributed by atoms with van der Waals surface area (Å²) < 4.78 is 0. The number of hydrogen-bond acceptors (Lipinski definition) is 2. The van der Waals surface area contributed by atoms with Crippen LogP contribution in [-0.4, -0.2) is 17.7 Å². The zero-order chi connectivity index (χ0) is 13.4. The van der Waals surface area contributed by atoms with Crippen LogP contribution >= 0.6 is 11.6 Å². The minimum Gasteiger partial charge on any atom is -0.387 e. The van der Waals surface area contributed by atoms with Gasteiger partial charge in [0.2, 0.25) is 0 Å². The number of rotatable bonds is 8. The van der Waals surface area contributed by atoms with E-state index in [1.165, 1.54) is 25.7 Å². The van der Waals surface area contributed by atoms with Gasteiger partial charge < -0.3 is 10.4 Å². The van der Waals surface area contributed by atoms with E-state index in [4.69, 9.17) is 11.6 Å². The SMILES string of the molecule is CCCCCCNC(C)C(O)c1ccc(Cl)cc1. The Morgan fingerprint density at radius 1 is 1.17 bits per heavy atom. The molecular weight excluding hydrogens is 246 g/mol. The molecule has 2 unspecified atom stereocenters. The number of nitrogens with one attached hydrogen (secondary N) is 1. The van der Waals surface area contributed by atoms with Crippen molar-refractivity contribution in [1.82, 2.24) is 5.32 Å². The van der Waals surface area contributed by atoms with Gasteiger partial charge in [-0.05, 0) is 37.6 Å². The van der Waals surface area contributed by atoms with Crippen molar-refractivity contribution in [2.75, 3.05) is 6.54 Å². The lowest BCUT2D eigenvalue weighted by Crippen LogP contribution is -2.32. The molecule has 0 saturated heterocycles. The Morgan fingerprint density at radius 3 is 2.44 bits per heavy atom. The van der Waals surface area contributed by atoms with Crippen molar-refractivity contribution in [2.45, 2.75) is 51.7 Å². The molecule has 0 saturated carbocycles. The highest BCUT2D eigenvalue weighted by atomic mass is 35.5. The summed E-state index contributed by atoms with van der Waals surface area (Å²) in [5.41, 5.74) is 0.910. The summed E-state index contributed by atoms with van der Waals surface area (Å²) >= 11 is 5.83. The maximum absolute atomic E-state index is 10.2. The first-order valence-corrected chi connectivity index (χ1v) is 7.20. The smallest absolute Gasteiger partial charge is 0.0940 e. The van der Waals surface area contributed by atoms with Crippen LogP contribution in [0.4, 0.5) is 0 Å². The van der Waals surface area contributed by atoms with Gasteiger partial charge in [0.05, 0.1) is 6.10 Å². The van der Waals surface area contributed by atoms with E-state index in [9.17, 15) is 5.11 Å². The van der Waals surface area contributed by atoms with Gasteiger partial charge in [-0.2, -0.15) is 0 Å². The largest absolute Gasteiger partial charge is 0.387 e. The minimum absolute atomic E-state index is 0.0628. The average molecular weight is 270 g/mol. The Hall–Kier alpha value is -0.570. The van der Waals surface area contributed by atoms with E-state index in [1.807, 2.05) is 31.2 Å². The third-order valence-corrected chi connectivity index (χ3v) is 3.43. The molecule has 0 aromatic heterocycles. The lowest BCUT2D eigenvalue weighted by atomic mass is 10.0. The Kier molecular flexibility index (Phi) is 7.33. The molecule has 1 aromatic rings. The maximum atomic E-state index is 10.2. The summed E-state index contributed by atoms with van der Waals surface area (Å²) in [6, 6.07) is 7.44. The third kappa shape index (κ3) is 5.38. The van der Waals surface area contributed by atoms with Gasteiger partial charge >= 0.3 is 0 Å². The van der Waals surface area contributed by atoms with Crippen LogP contribution in [-0.2, 0) is 0 Å². The number of unbranched alkanes of at least 4 members (excludes halogenated alkanes) is 3. The second kappa shape index (κ2) is 8.52. The van der Waals surface area contributed by atoms with E-state index in [1.54, 1.807) is 0 Å². The summed E-state index contributed by atoms with van der Waals surface area (Å²) in [5.74, 6) is 0. The monoisotopic (exact) mass is 269 g/mol. The molecular formula is C15H24ClNO. The minimum atomic E-state index is -0.478. The van der Waals surface area contributed by atoms with Crippen molar-refractivity contribution in [3.63, 3.8) is 0 Å². The summed E-state index contributed by atoms with van der Waals surface area (Å²) in [4.78, 5) is 0. The first kappa shape index (κ1) is 15.5. The van der Waals surface area contributed by atoms with Crippen molar-refractivity contribution in [2.24, 2.45) is 0 Å². The van der Waals surface area contributed by atoms with E-state index in [0.717, 1.165) is 12.1 Å². The van der Waals surface area contributed by atoms with E-state index in [-0.39, 0.29) is 6.04 Å². The molecule has 0 bridgehead atoms. The fourth-order valence-corrected chi connectivity index (χ4v) is 2.07. The summed E-state index contributed by atoms with van der Waals surface area (Å²) in [5, 5.41) is 14.2. The van der Waals surface area contributed by atoms with Gasteiger partial charge in [-0.25, -0.2) is 0 Å². The number of aliphatic hydroxyl groups is 1. The van der Waals surface area contributed by atoms with Crippen molar-refractivity contribution in [3.05, 3.63) is 34.9 Å². The summed E-state index contributed by atoms with van der Waals surface area (Å²) in [6.07, 6.45) is 4.49. The van der Waals surface area contributed by atoms with Gasteiger partial charge in [-0.1, -0.05) is 49.9 Å². The maximum Gasteiger partial charge on any atom is 0.0940 e. The highest BCUT2D eigenvalue weighted by Gasteiger charge is 2.15. The molecule has 0 aliphatic heterocycles. The molecule has 1 rings (SSSR count). The van der Waals surface area contributed by atoms with Gasteiger partial charge in [0.15, 0.2) is 0 Å². The molecule has 18 heavy (non-hydrogen) atoms. The first-order chi connectivity index (χ1) is 8.65. The third-order valence-electron chi connectivity index (χ3n) is 3.18. The number of aliphatic hydroxyl groups excluding tert-OH is 1. The quantitative estimate of drug-likeness (QED) is 0.701. The van der Waals surface area contributed by atoms with Crippen LogP contribution in [0.5, 0.6) is 0 Å². The number of halogens is 1. The predicted molar refractivity (Wildman–Crippen MR) is 78.0 cm³/mol. The van der Waals surface area contributed by atoms with Gasteiger partial charge in [-0.15, -0.1) is 0 Å². The molecule has 1 aromatic carbocycles. The lowest BCUT2D eigenvalue weighted by Gasteiger charge is -2.20. The molecule has 0 heterocycles. The van der Waals surface area contributed by atoms with Gasteiger partial charge in [0, 0.05) is 11.1 Å². The molecule has 2 atom stereocenters. The average Bonchev–Trinajstić information content (AvgIpc) is 2.38. The highest BCUT2D eigenvalue weighted by Crippen LogP contribution is 2.19. The van der Waals surface area contributed by atoms with Crippen LogP contribution in [0, 0.1) is 0 Å². The molecule has 0 amide bonds. The standard InChI is InChI=1S/C15H24ClNO/c1-3-4-5-6-11-17-12(2)15(18)13-7-9-14(16)10-8-13/h7-10,12,15,17-18H,3-6,11H2,1-2H3. The molecule has 0 fully saturated rings. The molecule has 0 aliphatic rings. The molecule has 3 heteroatoms. The van der Waals surface area contributed by atoms with E-state index in [0.29, 0.717) is 5.02 Å². The molecule has 2 N–H and O–H groups in total. The Morgan fingerprint density at radius 2 is 1.83 bits per heavy atom. The van der Waals surface area contributed by atoms with E-state index >= 15 is 0 Å². The normalized spacial score (nSPS) is 14.4. The fraction of sp³-hybridized carbons (Fsp3) is 0.600. The fourth-order valence-electron chi connectivity index (χ4n) is 1.94. The topological polar surface area (TPSA) is 32.3 Å². The zero-order valence-electron chi connectivity index (χ0n) is 11.3. The second-order valence-electron chi connectivity index (χ2n) is 4.80. The highest BCUT2D eigenvalue weighted by molar-refractivity contribution is 6.30. The number of hydrogen-bond donors (Lipinski definition) is 2. The Labute approximate surface area is 115 Å². The van der Waals surface area contributed by atoms with Crippen LogP contribution in [0.15, 0.2) is 24.3 Å². The molecule has 0 spiro atoms. The summed E-state index contributed by atoms with van der Waals surface area (Å²) in [6.45, 7) is 5.19. The van der Waals surface area contributed by atoms with Crippen molar-refractivity contribution in [3.8, 4) is 0 Å². The second-order valence-corrected chi connectivity index (χ2v) is 5.24. The Balaban J connectivity index is 2.32. The van der Waals surface area contributed by atoms with Crippen LogP contribution in [0.1, 0.15) is 51.2 Å². The zero-order valence-corrected chi connectivity index (χ0v) is 12.1. The van der Waals surface area contributed by atoms with Crippen LogP contribution in [0.2, 0.25) is 5.02 Å². The van der Waals surface area contributed by atoms with Crippen molar-refractivity contribution in [1.29, 1.82) is 0 Å². The molecule has 102 valence electrons. The summed E-state index contributed by atoms with van der Waals surface area (Å²) in [7, 11) is 0. The van der Waals surface area contributed by atoms with Crippen LogP contribution in [0.3, 0.4) is 0 Å². The van der Waals surface area contributed by atoms with Crippen LogP contribution in [0.25, 0.3) is 0 Å². The van der Waals surface area contributed by atoms with Gasteiger partial charge in [0.25, 0.3) is 0 Å². The van der Waals surface area contributed by atoms with Crippen molar-refractivity contribution >= 4 is 11.6 Å². The molecule has 2 nitrogen and oxygen atoms in total. The van der Waals surface area contributed by atoms with Crippen LogP contribution < -0.4 is 5.32 Å². The number of benzene rings is 1. The van der Waals surface area contributed by atoms with E-state index in [2.05, 4.69) is 12.2 Å². The lowest BCUT2D eigenvalue weighted by molar-refractivity contribution is 0.136. The first-order valence-electron chi connectivity index (χ1n) is 6.82.